The summed E-state index contributed by atoms with van der Waals surface area (Å²) in [7, 11) is 0. The number of pyridine rings is 1. The number of nitrogens with one attached hydrogen (secondary N) is 1. The van der Waals surface area contributed by atoms with E-state index in [1.165, 1.54) is 6.07 Å². The Morgan fingerprint density at radius 2 is 1.88 bits per heavy atom. The Hall–Kier alpha value is -4.07. The maximum absolute atomic E-state index is 12.8. The first-order valence-electron chi connectivity index (χ1n) is 10.9. The molecule has 2 aromatic heterocycles. The average Bonchev–Trinajstić information content (AvgIpc) is 3.35. The summed E-state index contributed by atoms with van der Waals surface area (Å²) in [6.07, 6.45) is 2.49. The Bertz CT molecular complexity index is 1340. The van der Waals surface area contributed by atoms with Crippen LogP contribution in [0.4, 0.5) is 0 Å². The lowest BCUT2D eigenvalue weighted by atomic mass is 9.95. The lowest BCUT2D eigenvalue weighted by Crippen LogP contribution is -2.25. The van der Waals surface area contributed by atoms with Gasteiger partial charge in [0.15, 0.2) is 0 Å². The van der Waals surface area contributed by atoms with Crippen molar-refractivity contribution in [3.8, 4) is 22.5 Å². The van der Waals surface area contributed by atoms with Crippen molar-refractivity contribution in [1.82, 2.24) is 25.2 Å². The molecule has 0 amide bonds. The minimum absolute atomic E-state index is 0.0347. The van der Waals surface area contributed by atoms with Gasteiger partial charge in [-0.15, -0.1) is 10.2 Å². The molecule has 0 spiro atoms. The molecular formula is C25H25N5O3. The number of aromatic carboxylic acids is 1. The predicted molar refractivity (Wildman–Crippen MR) is 125 cm³/mol. The van der Waals surface area contributed by atoms with Crippen LogP contribution in [0.1, 0.15) is 46.9 Å². The molecule has 0 aliphatic rings. The molecule has 0 radical (unpaired) electrons. The second-order valence-electron chi connectivity index (χ2n) is 7.99. The lowest BCUT2D eigenvalue weighted by Gasteiger charge is -2.16. The van der Waals surface area contributed by atoms with E-state index in [2.05, 4.69) is 33.6 Å². The van der Waals surface area contributed by atoms with Crippen LogP contribution in [0.3, 0.4) is 0 Å². The number of H-pyrrole nitrogens is 1. The Balaban J connectivity index is 1.70. The van der Waals surface area contributed by atoms with Gasteiger partial charge in [0.25, 0.3) is 5.56 Å². The maximum atomic E-state index is 12.8. The molecule has 4 rings (SSSR count). The molecule has 0 saturated heterocycles. The Morgan fingerprint density at radius 1 is 1.09 bits per heavy atom. The maximum Gasteiger partial charge on any atom is 0.335 e. The van der Waals surface area contributed by atoms with E-state index in [1.54, 1.807) is 10.6 Å². The van der Waals surface area contributed by atoms with Crippen molar-refractivity contribution in [2.24, 2.45) is 0 Å². The third-order valence-electron chi connectivity index (χ3n) is 5.74. The topological polar surface area (TPSA) is 114 Å². The zero-order chi connectivity index (χ0) is 23.4. The van der Waals surface area contributed by atoms with Gasteiger partial charge >= 0.3 is 5.97 Å². The molecule has 0 saturated carbocycles. The third-order valence-corrected chi connectivity index (χ3v) is 5.74. The Morgan fingerprint density at radius 3 is 2.55 bits per heavy atom. The van der Waals surface area contributed by atoms with E-state index in [4.69, 9.17) is 0 Å². The Kier molecular flexibility index (Phi) is 6.44. The summed E-state index contributed by atoms with van der Waals surface area (Å²) in [6.45, 7) is 4.47. The van der Waals surface area contributed by atoms with Crippen LogP contribution in [-0.2, 0) is 13.0 Å². The number of carbonyl (C=O) groups is 1. The molecule has 0 fully saturated rings. The predicted octanol–water partition coefficient (Wildman–Crippen LogP) is 4.09. The molecule has 0 aliphatic heterocycles. The second-order valence-corrected chi connectivity index (χ2v) is 7.99. The number of hydrogen-bond acceptors (Lipinski definition) is 5. The number of rotatable bonds is 8. The van der Waals surface area contributed by atoms with E-state index in [0.717, 1.165) is 46.4 Å². The van der Waals surface area contributed by atoms with Gasteiger partial charge in [-0.2, -0.15) is 5.21 Å². The van der Waals surface area contributed by atoms with Gasteiger partial charge in [0.1, 0.15) is 0 Å². The fraction of sp³-hybridized carbons (Fsp3) is 0.240. The van der Waals surface area contributed by atoms with Crippen LogP contribution in [0.5, 0.6) is 0 Å². The number of benzene rings is 2. The van der Waals surface area contributed by atoms with Gasteiger partial charge in [-0.1, -0.05) is 55.8 Å². The zero-order valence-corrected chi connectivity index (χ0v) is 18.6. The van der Waals surface area contributed by atoms with Gasteiger partial charge in [0.05, 0.1) is 12.1 Å². The van der Waals surface area contributed by atoms with Crippen molar-refractivity contribution in [3.63, 3.8) is 0 Å². The number of carboxylic acid groups (broad SMARTS) is 1. The lowest BCUT2D eigenvalue weighted by molar-refractivity contribution is 0.0696. The third kappa shape index (κ3) is 4.74. The minimum Gasteiger partial charge on any atom is -0.478 e. The van der Waals surface area contributed by atoms with Gasteiger partial charge in [0.2, 0.25) is 5.82 Å². The van der Waals surface area contributed by atoms with Crippen LogP contribution >= 0.6 is 0 Å². The average molecular weight is 444 g/mol. The number of unbranched alkanes of at least 4 members (excludes halogenated alkanes) is 1. The van der Waals surface area contributed by atoms with Gasteiger partial charge < -0.3 is 9.67 Å². The largest absolute Gasteiger partial charge is 0.478 e. The first-order valence-corrected chi connectivity index (χ1v) is 10.9. The van der Waals surface area contributed by atoms with E-state index in [9.17, 15) is 14.7 Å². The van der Waals surface area contributed by atoms with Crippen molar-refractivity contribution >= 4 is 5.97 Å². The van der Waals surface area contributed by atoms with Crippen LogP contribution in [0.2, 0.25) is 0 Å². The fourth-order valence-corrected chi connectivity index (χ4v) is 3.94. The van der Waals surface area contributed by atoms with Gasteiger partial charge in [0, 0.05) is 17.3 Å². The molecule has 168 valence electrons. The smallest absolute Gasteiger partial charge is 0.335 e. The highest BCUT2D eigenvalue weighted by molar-refractivity contribution is 5.87. The summed E-state index contributed by atoms with van der Waals surface area (Å²) in [5, 5.41) is 23.7. The van der Waals surface area contributed by atoms with Crippen molar-refractivity contribution in [3.05, 3.63) is 87.3 Å². The van der Waals surface area contributed by atoms with Crippen LogP contribution in [0, 0.1) is 6.92 Å². The number of aromatic amines is 1. The minimum atomic E-state index is -1.09. The molecule has 8 nitrogen and oxygen atoms in total. The van der Waals surface area contributed by atoms with E-state index in [1.807, 2.05) is 43.3 Å². The summed E-state index contributed by atoms with van der Waals surface area (Å²) in [5.41, 5.74) is 5.38. The molecular weight excluding hydrogens is 418 g/mol. The molecule has 0 bridgehead atoms. The molecule has 0 aliphatic carbocycles. The first-order chi connectivity index (χ1) is 16.0. The number of tetrazole rings is 1. The molecule has 2 heterocycles. The molecule has 8 heteroatoms. The van der Waals surface area contributed by atoms with Crippen molar-refractivity contribution in [2.75, 3.05) is 0 Å². The summed E-state index contributed by atoms with van der Waals surface area (Å²) < 4.78 is 1.68. The summed E-state index contributed by atoms with van der Waals surface area (Å²) in [4.78, 5) is 24.2. The zero-order valence-electron chi connectivity index (χ0n) is 18.6. The standard InChI is InChI=1S/C25H25N5O3/c1-3-4-7-20-13-19(25(32)33)14-23(31)30(20)15-18-11-10-17(12-16(18)2)21-8-5-6-9-22(21)24-26-28-29-27-24/h5-6,8-14H,3-4,7,15H2,1-2H3,(H,32,33)(H,26,27,28,29). The fourth-order valence-electron chi connectivity index (χ4n) is 3.94. The summed E-state index contributed by atoms with van der Waals surface area (Å²) in [5.74, 6) is -0.559. The highest BCUT2D eigenvalue weighted by Crippen LogP contribution is 2.31. The number of carboxylic acids is 1. The Labute approximate surface area is 190 Å². The van der Waals surface area contributed by atoms with Gasteiger partial charge in [-0.3, -0.25) is 4.79 Å². The van der Waals surface area contributed by atoms with E-state index >= 15 is 0 Å². The quantitative estimate of drug-likeness (QED) is 0.424. The van der Waals surface area contributed by atoms with Gasteiger partial charge in [-0.05, 0) is 53.3 Å². The monoisotopic (exact) mass is 443 g/mol. The highest BCUT2D eigenvalue weighted by Gasteiger charge is 2.14. The van der Waals surface area contributed by atoms with Crippen LogP contribution < -0.4 is 5.56 Å². The molecule has 2 N–H and O–H groups in total. The van der Waals surface area contributed by atoms with Crippen LogP contribution in [-0.4, -0.2) is 36.3 Å². The van der Waals surface area contributed by atoms with Crippen LogP contribution in [0.15, 0.2) is 59.4 Å². The van der Waals surface area contributed by atoms with Gasteiger partial charge in [-0.25, -0.2) is 4.79 Å². The summed E-state index contributed by atoms with van der Waals surface area (Å²) in [6, 6.07) is 16.8. The first kappa shape index (κ1) is 22.1. The molecule has 33 heavy (non-hydrogen) atoms. The van der Waals surface area contributed by atoms with Crippen LogP contribution in [0.25, 0.3) is 22.5 Å². The van der Waals surface area contributed by atoms with Crippen molar-refractivity contribution in [2.45, 2.75) is 39.7 Å². The normalized spacial score (nSPS) is 11.0. The number of aromatic nitrogens is 5. The number of aryl methyl sites for hydroxylation is 2. The van der Waals surface area contributed by atoms with E-state index in [0.29, 0.717) is 18.8 Å². The number of nitrogens with zero attached hydrogens (tertiary/aromatic N) is 4. The van der Waals surface area contributed by atoms with Crippen molar-refractivity contribution < 1.29 is 9.90 Å². The molecule has 0 unspecified atom stereocenters. The van der Waals surface area contributed by atoms with E-state index in [-0.39, 0.29) is 11.1 Å². The summed E-state index contributed by atoms with van der Waals surface area (Å²) >= 11 is 0. The molecule has 0 atom stereocenters. The molecule has 2 aromatic carbocycles. The van der Waals surface area contributed by atoms with E-state index < -0.39 is 5.97 Å². The van der Waals surface area contributed by atoms with Crippen molar-refractivity contribution in [1.29, 1.82) is 0 Å². The number of hydrogen-bond donors (Lipinski definition) is 2. The highest BCUT2D eigenvalue weighted by atomic mass is 16.4. The SMILES string of the molecule is CCCCc1cc(C(=O)O)cc(=O)n1Cc1ccc(-c2ccccc2-c2nn[nH]n2)cc1C. The molecule has 4 aromatic rings. The second kappa shape index (κ2) is 9.60.